The molecule has 102 valence electrons. The van der Waals surface area contributed by atoms with Gasteiger partial charge in [0, 0.05) is 18.5 Å². The van der Waals surface area contributed by atoms with Gasteiger partial charge in [-0.15, -0.1) is 0 Å². The number of carbonyl (C=O) groups excluding carboxylic acids is 1. The first-order valence-corrected chi connectivity index (χ1v) is 5.93. The van der Waals surface area contributed by atoms with Gasteiger partial charge in [0.05, 0.1) is 6.42 Å². The van der Waals surface area contributed by atoms with Crippen LogP contribution >= 0.6 is 0 Å². The first-order valence-electron chi connectivity index (χ1n) is 5.93. The van der Waals surface area contributed by atoms with Gasteiger partial charge < -0.3 is 10.4 Å². The summed E-state index contributed by atoms with van der Waals surface area (Å²) in [5, 5.41) is 10.9. The highest BCUT2D eigenvalue weighted by molar-refractivity contribution is 5.83. The number of hydrogen-bond donors (Lipinski definition) is 2. The molecule has 1 aliphatic rings. The summed E-state index contributed by atoms with van der Waals surface area (Å²) in [7, 11) is 0. The van der Waals surface area contributed by atoms with E-state index in [1.807, 2.05) is 0 Å². The molecule has 19 heavy (non-hydrogen) atoms. The van der Waals surface area contributed by atoms with Gasteiger partial charge in [-0.05, 0) is 24.0 Å². The number of aliphatic carboxylic acids is 1. The molecule has 0 spiro atoms. The van der Waals surface area contributed by atoms with Gasteiger partial charge >= 0.3 is 5.97 Å². The molecular weight excluding hydrogens is 256 g/mol. The van der Waals surface area contributed by atoms with Gasteiger partial charge in [-0.1, -0.05) is 6.07 Å². The van der Waals surface area contributed by atoms with Crippen LogP contribution in [0.2, 0.25) is 0 Å². The second-order valence-electron chi connectivity index (χ2n) is 4.55. The maximum absolute atomic E-state index is 13.5. The minimum Gasteiger partial charge on any atom is -0.481 e. The van der Waals surface area contributed by atoms with E-state index in [4.69, 9.17) is 5.11 Å². The molecule has 2 atom stereocenters. The molecule has 0 unspecified atom stereocenters. The summed E-state index contributed by atoms with van der Waals surface area (Å²) in [6, 6.07) is 3.31. The molecular formula is C13H13F2NO3. The van der Waals surface area contributed by atoms with Gasteiger partial charge in [0.1, 0.15) is 11.6 Å². The highest BCUT2D eigenvalue weighted by atomic mass is 19.1. The molecule has 1 fully saturated rings. The summed E-state index contributed by atoms with van der Waals surface area (Å²) in [5.41, 5.74) is 0.333. The van der Waals surface area contributed by atoms with Gasteiger partial charge in [-0.2, -0.15) is 0 Å². The van der Waals surface area contributed by atoms with Crippen molar-refractivity contribution in [1.82, 2.24) is 5.32 Å². The van der Waals surface area contributed by atoms with Crippen LogP contribution in [0.5, 0.6) is 0 Å². The number of benzene rings is 1. The number of carbonyl (C=O) groups is 2. The summed E-state index contributed by atoms with van der Waals surface area (Å²) in [4.78, 5) is 21.9. The van der Waals surface area contributed by atoms with Crippen molar-refractivity contribution in [2.75, 3.05) is 6.54 Å². The summed E-state index contributed by atoms with van der Waals surface area (Å²) in [5.74, 6) is -3.17. The van der Waals surface area contributed by atoms with E-state index < -0.39 is 17.6 Å². The van der Waals surface area contributed by atoms with Crippen molar-refractivity contribution < 1.29 is 23.5 Å². The zero-order chi connectivity index (χ0) is 14.0. The first-order chi connectivity index (χ1) is 8.99. The van der Waals surface area contributed by atoms with Crippen molar-refractivity contribution in [3.8, 4) is 0 Å². The van der Waals surface area contributed by atoms with E-state index in [9.17, 15) is 18.4 Å². The molecule has 2 rings (SSSR count). The summed E-state index contributed by atoms with van der Waals surface area (Å²) in [6.07, 6.45) is 0.357. The molecule has 0 aliphatic heterocycles. The Morgan fingerprint density at radius 1 is 1.37 bits per heavy atom. The van der Waals surface area contributed by atoms with Crippen LogP contribution in [0.15, 0.2) is 18.2 Å². The lowest BCUT2D eigenvalue weighted by atomic mass is 10.1. The van der Waals surface area contributed by atoms with Crippen LogP contribution in [0.25, 0.3) is 0 Å². The average Bonchev–Trinajstić information content (AvgIpc) is 3.08. The van der Waals surface area contributed by atoms with Crippen molar-refractivity contribution in [2.24, 2.45) is 5.92 Å². The largest absolute Gasteiger partial charge is 0.481 e. The van der Waals surface area contributed by atoms with Crippen molar-refractivity contribution >= 4 is 11.9 Å². The Kier molecular flexibility index (Phi) is 3.78. The molecule has 1 aromatic carbocycles. The third-order valence-electron chi connectivity index (χ3n) is 3.13. The van der Waals surface area contributed by atoms with Gasteiger partial charge in [-0.3, -0.25) is 9.59 Å². The highest BCUT2D eigenvalue weighted by Crippen LogP contribution is 2.48. The maximum Gasteiger partial charge on any atom is 0.305 e. The fourth-order valence-electron chi connectivity index (χ4n) is 2.05. The number of carboxylic acid groups (broad SMARTS) is 1. The van der Waals surface area contributed by atoms with Crippen molar-refractivity contribution in [1.29, 1.82) is 0 Å². The topological polar surface area (TPSA) is 66.4 Å². The summed E-state index contributed by atoms with van der Waals surface area (Å²) in [6.45, 7) is 0.0588. The van der Waals surface area contributed by atoms with E-state index in [-0.39, 0.29) is 30.7 Å². The van der Waals surface area contributed by atoms with Crippen LogP contribution in [0.1, 0.15) is 24.3 Å². The average molecular weight is 269 g/mol. The van der Waals surface area contributed by atoms with Crippen molar-refractivity contribution in [2.45, 2.75) is 18.8 Å². The number of nitrogens with one attached hydrogen (secondary N) is 1. The normalized spacial score (nSPS) is 20.9. The smallest absolute Gasteiger partial charge is 0.305 e. The van der Waals surface area contributed by atoms with E-state index in [1.54, 1.807) is 0 Å². The van der Waals surface area contributed by atoms with Crippen LogP contribution in [-0.2, 0) is 9.59 Å². The van der Waals surface area contributed by atoms with E-state index >= 15 is 0 Å². The second kappa shape index (κ2) is 5.34. The monoisotopic (exact) mass is 269 g/mol. The molecule has 0 aromatic heterocycles. The Bertz CT molecular complexity index is 519. The molecule has 0 radical (unpaired) electrons. The molecule has 0 bridgehead atoms. The molecule has 0 heterocycles. The number of rotatable bonds is 5. The maximum atomic E-state index is 13.5. The van der Waals surface area contributed by atoms with E-state index in [2.05, 4.69) is 5.32 Å². The zero-order valence-electron chi connectivity index (χ0n) is 10.0. The van der Waals surface area contributed by atoms with Crippen LogP contribution in [0.3, 0.4) is 0 Å². The highest BCUT2D eigenvalue weighted by Gasteiger charge is 2.45. The van der Waals surface area contributed by atoms with Crippen LogP contribution < -0.4 is 5.32 Å². The zero-order valence-corrected chi connectivity index (χ0v) is 10.0. The summed E-state index contributed by atoms with van der Waals surface area (Å²) < 4.78 is 26.2. The lowest BCUT2D eigenvalue weighted by Gasteiger charge is -2.04. The molecule has 1 saturated carbocycles. The van der Waals surface area contributed by atoms with Crippen molar-refractivity contribution in [3.63, 3.8) is 0 Å². The Morgan fingerprint density at radius 2 is 2.11 bits per heavy atom. The molecule has 1 aliphatic carbocycles. The quantitative estimate of drug-likeness (QED) is 0.854. The van der Waals surface area contributed by atoms with Gasteiger partial charge in [0.25, 0.3) is 0 Å². The molecule has 1 aromatic rings. The van der Waals surface area contributed by atoms with Crippen molar-refractivity contribution in [3.05, 3.63) is 35.4 Å². The molecule has 1 amide bonds. The number of halogens is 2. The summed E-state index contributed by atoms with van der Waals surface area (Å²) >= 11 is 0. The lowest BCUT2D eigenvalue weighted by Crippen LogP contribution is -2.27. The van der Waals surface area contributed by atoms with Gasteiger partial charge in [0.15, 0.2) is 0 Å². The van der Waals surface area contributed by atoms with Gasteiger partial charge in [-0.25, -0.2) is 8.78 Å². The van der Waals surface area contributed by atoms with E-state index in [0.717, 1.165) is 12.1 Å². The first kappa shape index (κ1) is 13.5. The minimum atomic E-state index is -0.989. The van der Waals surface area contributed by atoms with E-state index in [0.29, 0.717) is 12.0 Å². The standard InChI is InChI=1S/C13H13F2NO3/c14-7-1-2-8(11(15)5-7)9-6-10(9)13(19)16-4-3-12(17)18/h1-2,5,9-10H,3-4,6H2,(H,16,19)(H,17,18)/t9-,10+/m1/s1. The van der Waals surface area contributed by atoms with Crippen LogP contribution in [0.4, 0.5) is 8.78 Å². The SMILES string of the molecule is O=C(O)CCNC(=O)[C@H]1C[C@@H]1c1ccc(F)cc1F. The Morgan fingerprint density at radius 3 is 2.74 bits per heavy atom. The Hall–Kier alpha value is -1.98. The molecule has 6 heteroatoms. The number of carboxylic acids is 1. The third kappa shape index (κ3) is 3.27. The number of amides is 1. The molecule has 0 saturated heterocycles. The predicted octanol–water partition coefficient (Wildman–Crippen LogP) is 1.66. The van der Waals surface area contributed by atoms with Gasteiger partial charge in [0.2, 0.25) is 5.91 Å². The molecule has 2 N–H and O–H groups in total. The predicted molar refractivity (Wildman–Crippen MR) is 62.5 cm³/mol. The van der Waals surface area contributed by atoms with Crippen LogP contribution in [-0.4, -0.2) is 23.5 Å². The Balaban J connectivity index is 1.89. The fraction of sp³-hybridized carbons (Fsp3) is 0.385. The second-order valence-corrected chi connectivity index (χ2v) is 4.55. The fourth-order valence-corrected chi connectivity index (χ4v) is 2.05. The molecule has 4 nitrogen and oxygen atoms in total. The minimum absolute atomic E-state index is 0.0588. The Labute approximate surface area is 108 Å². The number of hydrogen-bond acceptors (Lipinski definition) is 2. The third-order valence-corrected chi connectivity index (χ3v) is 3.13. The van der Waals surface area contributed by atoms with E-state index in [1.165, 1.54) is 6.07 Å². The lowest BCUT2D eigenvalue weighted by molar-refractivity contribution is -0.136. The van der Waals surface area contributed by atoms with Crippen LogP contribution in [0, 0.1) is 17.6 Å².